The first-order valence-corrected chi connectivity index (χ1v) is 9.25. The fraction of sp³-hybridized carbons (Fsp3) is 0.273. The van der Waals surface area contributed by atoms with Gasteiger partial charge in [-0.1, -0.05) is 0 Å². The number of amides is 2. The molecule has 0 unspecified atom stereocenters. The number of carbonyl (C=O) groups excluding carboxylic acids is 4. The number of methoxy groups -OCH3 is 1. The van der Waals surface area contributed by atoms with E-state index in [0.29, 0.717) is 28.3 Å². The third-order valence-corrected chi connectivity index (χ3v) is 4.17. The molecular formula is C22H24N2O6. The average Bonchev–Trinajstić information content (AvgIpc) is 2.68. The summed E-state index contributed by atoms with van der Waals surface area (Å²) in [4.78, 5) is 47.2. The van der Waals surface area contributed by atoms with Crippen LogP contribution in [0.4, 0.5) is 11.4 Å². The second-order valence-electron chi connectivity index (χ2n) is 6.64. The largest absolute Gasteiger partial charge is 0.496 e. The summed E-state index contributed by atoms with van der Waals surface area (Å²) in [6.07, 6.45) is -1.18. The molecule has 8 nitrogen and oxygen atoms in total. The Morgan fingerprint density at radius 3 is 2.07 bits per heavy atom. The second kappa shape index (κ2) is 10.2. The van der Waals surface area contributed by atoms with Crippen LogP contribution in [-0.4, -0.2) is 36.8 Å². The van der Waals surface area contributed by atoms with Gasteiger partial charge in [-0.2, -0.15) is 0 Å². The maximum absolute atomic E-state index is 12.3. The second-order valence-corrected chi connectivity index (χ2v) is 6.64. The third kappa shape index (κ3) is 6.44. The van der Waals surface area contributed by atoms with Crippen molar-refractivity contribution in [3.63, 3.8) is 0 Å². The van der Waals surface area contributed by atoms with Crippen LogP contribution in [0.15, 0.2) is 42.5 Å². The summed E-state index contributed by atoms with van der Waals surface area (Å²) in [6, 6.07) is 11.3. The van der Waals surface area contributed by atoms with Gasteiger partial charge in [0.1, 0.15) is 5.75 Å². The van der Waals surface area contributed by atoms with Crippen molar-refractivity contribution in [2.24, 2.45) is 0 Å². The summed E-state index contributed by atoms with van der Waals surface area (Å²) in [5.74, 6) is -1.01. The Balaban J connectivity index is 1.96. The number of hydrogen-bond donors (Lipinski definition) is 2. The highest BCUT2D eigenvalue weighted by molar-refractivity contribution is 5.96. The lowest BCUT2D eigenvalue weighted by Crippen LogP contribution is -2.30. The van der Waals surface area contributed by atoms with Crippen molar-refractivity contribution in [1.29, 1.82) is 0 Å². The molecule has 0 aliphatic heterocycles. The number of ether oxygens (including phenoxy) is 2. The van der Waals surface area contributed by atoms with Crippen molar-refractivity contribution in [1.82, 2.24) is 0 Å². The lowest BCUT2D eigenvalue weighted by Gasteiger charge is -2.15. The number of nitrogens with one attached hydrogen (secondary N) is 2. The maximum atomic E-state index is 12.3. The lowest BCUT2D eigenvalue weighted by molar-refractivity contribution is -0.152. The number of ketones is 1. The first kappa shape index (κ1) is 22.6. The van der Waals surface area contributed by atoms with Gasteiger partial charge in [-0.25, -0.2) is 0 Å². The minimum absolute atomic E-state index is 0.135. The molecule has 158 valence electrons. The van der Waals surface area contributed by atoms with Gasteiger partial charge in [0, 0.05) is 29.4 Å². The van der Waals surface area contributed by atoms with Crippen LogP contribution in [0.2, 0.25) is 0 Å². The fourth-order valence-electron chi connectivity index (χ4n) is 2.67. The molecule has 0 spiro atoms. The molecule has 0 heterocycles. The van der Waals surface area contributed by atoms with Crippen LogP contribution in [0, 0.1) is 0 Å². The molecule has 0 radical (unpaired) electrons. The SMILES string of the molecule is COc1ccc(C(C)=O)cc1CC(=O)O[C@@H](C)C(=O)Nc1ccc(NC(C)=O)cc1. The number of hydrogen-bond acceptors (Lipinski definition) is 6. The lowest BCUT2D eigenvalue weighted by atomic mass is 10.0. The summed E-state index contributed by atoms with van der Waals surface area (Å²) in [5, 5.41) is 5.27. The average molecular weight is 412 g/mol. The molecule has 0 bridgehead atoms. The van der Waals surface area contributed by atoms with E-state index in [1.807, 2.05) is 0 Å². The Bertz CT molecular complexity index is 953. The van der Waals surface area contributed by atoms with Crippen molar-refractivity contribution in [3.05, 3.63) is 53.6 Å². The van der Waals surface area contributed by atoms with E-state index in [9.17, 15) is 19.2 Å². The first-order valence-electron chi connectivity index (χ1n) is 9.25. The van der Waals surface area contributed by atoms with Crippen LogP contribution in [-0.2, 0) is 25.5 Å². The zero-order chi connectivity index (χ0) is 22.3. The van der Waals surface area contributed by atoms with Crippen molar-refractivity contribution in [2.45, 2.75) is 33.3 Å². The third-order valence-electron chi connectivity index (χ3n) is 4.17. The van der Waals surface area contributed by atoms with Gasteiger partial charge in [0.25, 0.3) is 5.91 Å². The standard InChI is InChI=1S/C22H24N2O6/c1-13(25)16-5-10-20(29-4)17(11-16)12-21(27)30-14(2)22(28)24-19-8-6-18(7-9-19)23-15(3)26/h5-11,14H,12H2,1-4H3,(H,23,26)(H,24,28)/t14-/m0/s1. The Kier molecular flexibility index (Phi) is 7.69. The molecule has 2 aromatic rings. The monoisotopic (exact) mass is 412 g/mol. The highest BCUT2D eigenvalue weighted by atomic mass is 16.5. The van der Waals surface area contributed by atoms with E-state index in [4.69, 9.17) is 9.47 Å². The molecular weight excluding hydrogens is 388 g/mol. The van der Waals surface area contributed by atoms with Gasteiger partial charge < -0.3 is 20.1 Å². The molecule has 0 aromatic heterocycles. The predicted molar refractivity (Wildman–Crippen MR) is 112 cm³/mol. The van der Waals surface area contributed by atoms with Crippen molar-refractivity contribution < 1.29 is 28.7 Å². The van der Waals surface area contributed by atoms with Crippen LogP contribution in [0.3, 0.4) is 0 Å². The van der Waals surface area contributed by atoms with E-state index in [1.165, 1.54) is 27.9 Å². The molecule has 0 aliphatic rings. The quantitative estimate of drug-likeness (QED) is 0.509. The van der Waals surface area contributed by atoms with E-state index in [0.717, 1.165) is 0 Å². The number of Topliss-reactive ketones (excluding diaryl/α,β-unsaturated/α-hetero) is 1. The van der Waals surface area contributed by atoms with Gasteiger partial charge in [-0.3, -0.25) is 19.2 Å². The van der Waals surface area contributed by atoms with Gasteiger partial charge >= 0.3 is 5.97 Å². The molecule has 2 amide bonds. The highest BCUT2D eigenvalue weighted by Crippen LogP contribution is 2.21. The molecule has 0 aliphatic carbocycles. The van der Waals surface area contributed by atoms with Crippen LogP contribution < -0.4 is 15.4 Å². The molecule has 0 saturated carbocycles. The highest BCUT2D eigenvalue weighted by Gasteiger charge is 2.20. The maximum Gasteiger partial charge on any atom is 0.311 e. The Hall–Kier alpha value is -3.68. The topological polar surface area (TPSA) is 111 Å². The molecule has 2 aromatic carbocycles. The van der Waals surface area contributed by atoms with Crippen LogP contribution in [0.1, 0.15) is 36.7 Å². The van der Waals surface area contributed by atoms with Crippen molar-refractivity contribution in [3.8, 4) is 5.75 Å². The summed E-state index contributed by atoms with van der Waals surface area (Å²) in [7, 11) is 1.46. The number of benzene rings is 2. The van der Waals surface area contributed by atoms with E-state index >= 15 is 0 Å². The number of carbonyl (C=O) groups is 4. The molecule has 0 saturated heterocycles. The molecule has 1 atom stereocenters. The molecule has 8 heteroatoms. The van der Waals surface area contributed by atoms with Gasteiger partial charge in [0.2, 0.25) is 5.91 Å². The molecule has 30 heavy (non-hydrogen) atoms. The van der Waals surface area contributed by atoms with Crippen LogP contribution in [0.25, 0.3) is 0 Å². The molecule has 2 rings (SSSR count). The summed E-state index contributed by atoms with van der Waals surface area (Å²) >= 11 is 0. The summed E-state index contributed by atoms with van der Waals surface area (Å²) < 4.78 is 10.4. The van der Waals surface area contributed by atoms with Gasteiger partial charge in [0.05, 0.1) is 13.5 Å². The van der Waals surface area contributed by atoms with Crippen molar-refractivity contribution in [2.75, 3.05) is 17.7 Å². The fourth-order valence-corrected chi connectivity index (χ4v) is 2.67. The molecule has 0 fully saturated rings. The van der Waals surface area contributed by atoms with E-state index < -0.39 is 18.0 Å². The number of anilines is 2. The van der Waals surface area contributed by atoms with Gasteiger partial charge in [0.15, 0.2) is 11.9 Å². The van der Waals surface area contributed by atoms with E-state index in [2.05, 4.69) is 10.6 Å². The smallest absolute Gasteiger partial charge is 0.311 e. The van der Waals surface area contributed by atoms with E-state index in [1.54, 1.807) is 42.5 Å². The van der Waals surface area contributed by atoms with Crippen LogP contribution >= 0.6 is 0 Å². The zero-order valence-electron chi connectivity index (χ0n) is 17.3. The van der Waals surface area contributed by atoms with Gasteiger partial charge in [-0.15, -0.1) is 0 Å². The number of esters is 1. The summed E-state index contributed by atoms with van der Waals surface area (Å²) in [6.45, 7) is 4.29. The number of rotatable bonds is 8. The minimum Gasteiger partial charge on any atom is -0.496 e. The normalized spacial score (nSPS) is 11.2. The summed E-state index contributed by atoms with van der Waals surface area (Å²) in [5.41, 5.74) is 2.04. The Morgan fingerprint density at radius 1 is 0.933 bits per heavy atom. The first-order chi connectivity index (χ1) is 14.2. The predicted octanol–water partition coefficient (Wildman–Crippen LogP) is 2.97. The van der Waals surface area contributed by atoms with E-state index in [-0.39, 0.29) is 18.1 Å². The Morgan fingerprint density at radius 2 is 1.53 bits per heavy atom. The van der Waals surface area contributed by atoms with Crippen LogP contribution in [0.5, 0.6) is 5.75 Å². The van der Waals surface area contributed by atoms with Crippen molar-refractivity contribution >= 4 is 34.9 Å². The molecule has 2 N–H and O–H groups in total. The minimum atomic E-state index is -1.03. The zero-order valence-corrected chi connectivity index (χ0v) is 17.3. The Labute approximate surface area is 174 Å². The van der Waals surface area contributed by atoms with Gasteiger partial charge in [-0.05, 0) is 56.3 Å².